The number of anilines is 2. The van der Waals surface area contributed by atoms with Crippen molar-refractivity contribution in [3.05, 3.63) is 153 Å². The number of piperidine rings is 2. The number of carbonyl (C=O) groups is 2. The maximum absolute atomic E-state index is 13.5. The fraction of sp³-hybridized carbons (Fsp3) is 0.463. The number of hydrogen-bond donors (Lipinski definition) is 3. The van der Waals surface area contributed by atoms with E-state index in [9.17, 15) is 33.4 Å². The predicted octanol–water partition coefficient (Wildman–Crippen LogP) is 14.1. The smallest absolute Gasteiger partial charge is 0.337 e. The average molecular weight is 1140 g/mol. The van der Waals surface area contributed by atoms with E-state index in [0.717, 1.165) is 83.5 Å². The van der Waals surface area contributed by atoms with Gasteiger partial charge in [0.15, 0.2) is 12.2 Å². The molecule has 0 saturated carbocycles. The molecule has 2 aromatic heterocycles. The Morgan fingerprint density at radius 3 is 1.35 bits per heavy atom. The van der Waals surface area contributed by atoms with Gasteiger partial charge in [-0.1, -0.05) is 76.2 Å². The quantitative estimate of drug-likeness (QED) is 0.0700. The molecule has 0 radical (unpaired) electrons. The number of carboxylic acids is 2. The number of methoxy groups -OCH3 is 1. The number of ether oxygens (including phenoxy) is 5. The lowest BCUT2D eigenvalue weighted by Crippen LogP contribution is -2.41. The van der Waals surface area contributed by atoms with Crippen LogP contribution in [0.4, 0.5) is 20.2 Å². The molecule has 8 rings (SSSR count). The number of aliphatic carboxylic acids is 2. The number of carboxylic acid groups (broad SMARTS) is 2. The lowest BCUT2D eigenvalue weighted by atomic mass is 9.82. The van der Waals surface area contributed by atoms with Gasteiger partial charge in [0.05, 0.1) is 59.7 Å². The minimum Gasteiger partial charge on any atom is -0.493 e. The number of hydrogen-bond acceptors (Lipinski definition) is 11. The maximum atomic E-state index is 13.5. The standard InChI is InChI=1S/C34H43FN2O5.C33H41FN2O5/c1-22-27(24-10-14-26(15-11-24)41-21-16-23-8-12-25(35)13-9-23)29(37-19-17-34(5,6)18-20-37)28(31(36-22)40-7)30(32(38)39)42-33(2,3)4;1-21-26(23-9-13-25(14-10-23)40-20-15-22-7-11-24(34)12-8-22)28(36-18-16-33(5,6)17-19-36)27(30(37)35-21)29(31(38)39)41-32(2,3)4/h8-15,30H,16-21H2,1-7H3,(H,38,39);7-14,29H,15-20H2,1-6H3,(H,35,37)(H,38,39)/t30-;29-/m00/s1. The summed E-state index contributed by atoms with van der Waals surface area (Å²) >= 11 is 0. The number of aromatic nitrogens is 2. The van der Waals surface area contributed by atoms with Crippen LogP contribution in [0.1, 0.15) is 141 Å². The van der Waals surface area contributed by atoms with Crippen LogP contribution in [0.5, 0.6) is 17.4 Å². The molecule has 4 aromatic carbocycles. The Bertz CT molecular complexity index is 3220. The minimum absolute atomic E-state index is 0.118. The van der Waals surface area contributed by atoms with E-state index in [1.807, 2.05) is 83.1 Å². The van der Waals surface area contributed by atoms with Crippen molar-refractivity contribution >= 4 is 23.3 Å². The first kappa shape index (κ1) is 63.3. The van der Waals surface area contributed by atoms with Crippen LogP contribution in [0, 0.1) is 36.3 Å². The third-order valence-electron chi connectivity index (χ3n) is 15.2. The first-order valence-electron chi connectivity index (χ1n) is 28.6. The molecule has 2 aliphatic rings. The van der Waals surface area contributed by atoms with E-state index in [-0.39, 0.29) is 33.9 Å². The van der Waals surface area contributed by atoms with Crippen molar-refractivity contribution in [2.45, 2.75) is 145 Å². The van der Waals surface area contributed by atoms with E-state index in [4.69, 9.17) is 28.7 Å². The van der Waals surface area contributed by atoms with Crippen LogP contribution >= 0.6 is 0 Å². The van der Waals surface area contributed by atoms with Crippen molar-refractivity contribution in [1.82, 2.24) is 9.97 Å². The number of H-pyrrole nitrogens is 1. The summed E-state index contributed by atoms with van der Waals surface area (Å²) in [6, 6.07) is 28.1. The predicted molar refractivity (Wildman–Crippen MR) is 322 cm³/mol. The van der Waals surface area contributed by atoms with E-state index in [2.05, 4.69) is 42.5 Å². The Kier molecular flexibility index (Phi) is 20.2. The third kappa shape index (κ3) is 16.9. The normalized spacial score (nSPS) is 15.8. The van der Waals surface area contributed by atoms with Crippen molar-refractivity contribution in [3.63, 3.8) is 0 Å². The van der Waals surface area contributed by atoms with Crippen LogP contribution in [0.2, 0.25) is 0 Å². The lowest BCUT2D eigenvalue weighted by molar-refractivity contribution is -0.161. The zero-order chi connectivity index (χ0) is 60.6. The average Bonchev–Trinajstić information content (AvgIpc) is 2.66. The molecule has 0 unspecified atom stereocenters. The molecule has 0 aliphatic carbocycles. The highest BCUT2D eigenvalue weighted by Crippen LogP contribution is 2.48. The molecular formula is C67H84F2N4O10. The molecule has 2 fully saturated rings. The molecule has 2 saturated heterocycles. The van der Waals surface area contributed by atoms with Gasteiger partial charge in [-0.15, -0.1) is 0 Å². The number of aryl methyl sites for hydroxylation is 2. The molecular weight excluding hydrogens is 1060 g/mol. The molecule has 446 valence electrons. The molecule has 3 N–H and O–H groups in total. The van der Waals surface area contributed by atoms with Crippen LogP contribution in [0.25, 0.3) is 22.3 Å². The Morgan fingerprint density at radius 2 is 0.976 bits per heavy atom. The number of benzene rings is 4. The molecule has 2 aliphatic heterocycles. The second kappa shape index (κ2) is 26.5. The number of nitrogens with zero attached hydrogens (tertiary/aromatic N) is 3. The van der Waals surface area contributed by atoms with Gasteiger partial charge in [0.2, 0.25) is 5.88 Å². The van der Waals surface area contributed by atoms with E-state index in [1.165, 1.54) is 31.4 Å². The first-order valence-corrected chi connectivity index (χ1v) is 28.6. The van der Waals surface area contributed by atoms with Crippen molar-refractivity contribution in [2.75, 3.05) is 56.3 Å². The molecule has 4 heterocycles. The van der Waals surface area contributed by atoms with Gasteiger partial charge in [0.25, 0.3) is 5.56 Å². The number of aromatic amines is 1. The highest BCUT2D eigenvalue weighted by atomic mass is 19.1. The first-order chi connectivity index (χ1) is 39.0. The molecule has 0 spiro atoms. The fourth-order valence-electron chi connectivity index (χ4n) is 10.5. The number of rotatable bonds is 19. The van der Waals surface area contributed by atoms with Crippen molar-refractivity contribution in [3.8, 4) is 39.6 Å². The highest BCUT2D eigenvalue weighted by molar-refractivity contribution is 5.89. The number of halogens is 2. The summed E-state index contributed by atoms with van der Waals surface area (Å²) in [5.74, 6) is -1.17. The SMILES string of the molecule is COc1nc(C)c(-c2ccc(OCCc3ccc(F)cc3)cc2)c(N2CCC(C)(C)CC2)c1[C@H](OC(C)(C)C)C(=O)O.Cc1[nH]c(=O)c([C@H](OC(C)(C)C)C(=O)O)c(N2CCC(C)(C)CC2)c1-c1ccc(OCCc2ccc(F)cc2)cc1. The molecule has 2 atom stereocenters. The largest absolute Gasteiger partial charge is 0.493 e. The fourth-order valence-corrected chi connectivity index (χ4v) is 10.5. The van der Waals surface area contributed by atoms with Gasteiger partial charge in [0, 0.05) is 55.8 Å². The van der Waals surface area contributed by atoms with Crippen LogP contribution in [0.3, 0.4) is 0 Å². The Balaban J connectivity index is 0.000000239. The summed E-state index contributed by atoms with van der Waals surface area (Å²) in [5, 5.41) is 20.6. The maximum Gasteiger partial charge on any atom is 0.337 e. The second-order valence-electron chi connectivity index (χ2n) is 25.3. The lowest BCUT2D eigenvalue weighted by Gasteiger charge is -2.41. The van der Waals surface area contributed by atoms with Gasteiger partial charge < -0.3 is 48.7 Å². The summed E-state index contributed by atoms with van der Waals surface area (Å²) in [4.78, 5) is 50.8. The van der Waals surface area contributed by atoms with Crippen LogP contribution in [-0.4, -0.2) is 89.8 Å². The van der Waals surface area contributed by atoms with Crippen molar-refractivity contribution in [2.24, 2.45) is 10.8 Å². The monoisotopic (exact) mass is 1140 g/mol. The summed E-state index contributed by atoms with van der Waals surface area (Å²) in [6.07, 6.45) is 2.36. The van der Waals surface area contributed by atoms with E-state index >= 15 is 0 Å². The van der Waals surface area contributed by atoms with E-state index < -0.39 is 40.9 Å². The topological polar surface area (TPSA) is 173 Å². The minimum atomic E-state index is -1.43. The van der Waals surface area contributed by atoms with Crippen LogP contribution < -0.4 is 29.6 Å². The molecule has 6 aromatic rings. The van der Waals surface area contributed by atoms with Crippen molar-refractivity contribution in [1.29, 1.82) is 0 Å². The second-order valence-corrected chi connectivity index (χ2v) is 25.3. The Labute approximate surface area is 488 Å². The van der Waals surface area contributed by atoms with E-state index in [1.54, 1.807) is 45.0 Å². The highest BCUT2D eigenvalue weighted by Gasteiger charge is 2.40. The Hall–Kier alpha value is -7.30. The summed E-state index contributed by atoms with van der Waals surface area (Å²) in [5.41, 5.74) is 7.10. The number of pyridine rings is 2. The van der Waals surface area contributed by atoms with Gasteiger partial charge in [0.1, 0.15) is 23.1 Å². The van der Waals surface area contributed by atoms with Gasteiger partial charge in [-0.3, -0.25) is 4.79 Å². The van der Waals surface area contributed by atoms with Crippen molar-refractivity contribution < 1.29 is 52.3 Å². The van der Waals surface area contributed by atoms with Gasteiger partial charge in [-0.05, 0) is 163 Å². The Morgan fingerprint density at radius 1 is 0.602 bits per heavy atom. The third-order valence-corrected chi connectivity index (χ3v) is 15.2. The summed E-state index contributed by atoms with van der Waals surface area (Å²) < 4.78 is 56.2. The van der Waals surface area contributed by atoms with Crippen LogP contribution in [-0.2, 0) is 31.9 Å². The van der Waals surface area contributed by atoms with Gasteiger partial charge in [-0.2, -0.15) is 0 Å². The molecule has 83 heavy (non-hydrogen) atoms. The summed E-state index contributed by atoms with van der Waals surface area (Å²) in [6.45, 7) is 27.5. The van der Waals surface area contributed by atoms with Gasteiger partial charge >= 0.3 is 11.9 Å². The molecule has 16 heteroatoms. The van der Waals surface area contributed by atoms with Crippen LogP contribution in [0.15, 0.2) is 102 Å². The molecule has 0 amide bonds. The zero-order valence-corrected chi connectivity index (χ0v) is 50.6. The molecule has 0 bridgehead atoms. The van der Waals surface area contributed by atoms with Gasteiger partial charge in [-0.25, -0.2) is 23.4 Å². The molecule has 14 nitrogen and oxygen atoms in total. The van der Waals surface area contributed by atoms with E-state index in [0.29, 0.717) is 67.6 Å². The zero-order valence-electron chi connectivity index (χ0n) is 50.6. The number of nitrogens with one attached hydrogen (secondary N) is 1. The summed E-state index contributed by atoms with van der Waals surface area (Å²) in [7, 11) is 1.52.